The maximum Gasteiger partial charge on any atom is 0.343 e. The summed E-state index contributed by atoms with van der Waals surface area (Å²) in [5, 5.41) is 10.7. The molecule has 0 spiro atoms. The number of pyridine rings is 1. The minimum absolute atomic E-state index is 0.0465. The summed E-state index contributed by atoms with van der Waals surface area (Å²) in [4.78, 5) is 24.9. The normalized spacial score (nSPS) is 10.5. The summed E-state index contributed by atoms with van der Waals surface area (Å²) in [6.07, 6.45) is 0. The van der Waals surface area contributed by atoms with Crippen LogP contribution >= 0.6 is 0 Å². The van der Waals surface area contributed by atoms with Gasteiger partial charge in [0.2, 0.25) is 5.88 Å². The van der Waals surface area contributed by atoms with Gasteiger partial charge in [0.15, 0.2) is 0 Å². The zero-order valence-electron chi connectivity index (χ0n) is 13.9. The Balaban J connectivity index is 2.32. The van der Waals surface area contributed by atoms with E-state index >= 15 is 0 Å². The molecule has 0 fully saturated rings. The van der Waals surface area contributed by atoms with Crippen LogP contribution in [-0.4, -0.2) is 22.8 Å². The van der Waals surface area contributed by atoms with Crippen molar-refractivity contribution >= 4 is 5.97 Å². The number of ether oxygens (including phenoxy) is 1. The van der Waals surface area contributed by atoms with Crippen LogP contribution in [0.4, 0.5) is 0 Å². The van der Waals surface area contributed by atoms with E-state index in [0.29, 0.717) is 16.8 Å². The van der Waals surface area contributed by atoms with Crippen LogP contribution in [0.15, 0.2) is 65.5 Å². The van der Waals surface area contributed by atoms with Crippen LogP contribution in [0.2, 0.25) is 0 Å². The molecular weight excluding hydrogens is 318 g/mol. The Bertz CT molecular complexity index is 973. The van der Waals surface area contributed by atoms with Crippen LogP contribution in [-0.2, 0) is 4.74 Å². The predicted octanol–water partition coefficient (Wildman–Crippen LogP) is 3.31. The van der Waals surface area contributed by atoms with E-state index in [-0.39, 0.29) is 5.56 Å². The first kappa shape index (κ1) is 16.5. The van der Waals surface area contributed by atoms with Gasteiger partial charge in [-0.3, -0.25) is 4.79 Å². The molecule has 0 saturated heterocycles. The number of methoxy groups -OCH3 is 1. The number of hydrogen-bond donors (Lipinski definition) is 1. The van der Waals surface area contributed by atoms with Crippen molar-refractivity contribution in [3.8, 4) is 22.7 Å². The fourth-order valence-electron chi connectivity index (χ4n) is 2.69. The molecule has 126 valence electrons. The lowest BCUT2D eigenvalue weighted by Gasteiger charge is -2.15. The Morgan fingerprint density at radius 1 is 1.04 bits per heavy atom. The largest absolute Gasteiger partial charge is 0.493 e. The average molecular weight is 335 g/mol. The molecule has 0 radical (unpaired) electrons. The zero-order valence-corrected chi connectivity index (χ0v) is 13.9. The monoisotopic (exact) mass is 335 g/mol. The molecule has 0 amide bonds. The van der Waals surface area contributed by atoms with Gasteiger partial charge < -0.3 is 9.84 Å². The first-order valence-corrected chi connectivity index (χ1v) is 7.72. The molecule has 0 atom stereocenters. The number of hydrogen-bond acceptors (Lipinski definition) is 4. The highest BCUT2D eigenvalue weighted by molar-refractivity contribution is 5.99. The molecule has 2 aromatic carbocycles. The quantitative estimate of drug-likeness (QED) is 0.746. The maximum absolute atomic E-state index is 12.6. The minimum atomic E-state index is -0.710. The third kappa shape index (κ3) is 3.04. The molecule has 0 unspecified atom stereocenters. The summed E-state index contributed by atoms with van der Waals surface area (Å²) in [7, 11) is 1.23. The van der Waals surface area contributed by atoms with Gasteiger partial charge in [-0.15, -0.1) is 0 Å². The molecule has 0 bridgehead atoms. The second-order valence-corrected chi connectivity index (χ2v) is 5.62. The van der Waals surface area contributed by atoms with Crippen molar-refractivity contribution in [3.63, 3.8) is 0 Å². The number of carbonyl (C=O) groups excluding carboxylic acids is 1. The second-order valence-electron chi connectivity index (χ2n) is 5.62. The SMILES string of the molecule is COC(=O)c1c(-c2ccc(C)cc2)cc(=O)n(-c2ccccc2)c1O. The predicted molar refractivity (Wildman–Crippen MR) is 95.2 cm³/mol. The number of rotatable bonds is 3. The molecule has 1 heterocycles. The van der Waals surface area contributed by atoms with E-state index in [1.54, 1.807) is 42.5 Å². The number of para-hydroxylation sites is 1. The van der Waals surface area contributed by atoms with Crippen molar-refractivity contribution in [1.82, 2.24) is 4.57 Å². The van der Waals surface area contributed by atoms with Crippen LogP contribution in [0.3, 0.4) is 0 Å². The summed E-state index contributed by atoms with van der Waals surface area (Å²) < 4.78 is 5.91. The molecule has 3 rings (SSSR count). The van der Waals surface area contributed by atoms with Crippen molar-refractivity contribution < 1.29 is 14.6 Å². The molecule has 0 aliphatic rings. The van der Waals surface area contributed by atoms with Crippen molar-refractivity contribution in [2.24, 2.45) is 0 Å². The van der Waals surface area contributed by atoms with Crippen molar-refractivity contribution in [1.29, 1.82) is 0 Å². The van der Waals surface area contributed by atoms with Gasteiger partial charge in [0.25, 0.3) is 5.56 Å². The van der Waals surface area contributed by atoms with E-state index in [9.17, 15) is 14.7 Å². The fraction of sp³-hybridized carbons (Fsp3) is 0.100. The third-order valence-electron chi connectivity index (χ3n) is 3.96. The van der Waals surface area contributed by atoms with Gasteiger partial charge >= 0.3 is 5.97 Å². The molecule has 25 heavy (non-hydrogen) atoms. The number of aromatic nitrogens is 1. The molecule has 0 aliphatic heterocycles. The lowest BCUT2D eigenvalue weighted by Crippen LogP contribution is -2.21. The lowest BCUT2D eigenvalue weighted by molar-refractivity contribution is 0.0597. The zero-order chi connectivity index (χ0) is 18.0. The van der Waals surface area contributed by atoms with Crippen molar-refractivity contribution in [2.45, 2.75) is 6.92 Å². The van der Waals surface area contributed by atoms with E-state index in [0.717, 1.165) is 10.1 Å². The standard InChI is InChI=1S/C20H17NO4/c1-13-8-10-14(11-9-13)16-12-17(22)21(15-6-4-3-5-7-15)19(23)18(16)20(24)25-2/h3-12,23H,1-2H3. The topological polar surface area (TPSA) is 68.5 Å². The second kappa shape index (κ2) is 6.65. The van der Waals surface area contributed by atoms with Crippen LogP contribution in [0.5, 0.6) is 5.88 Å². The molecule has 0 saturated carbocycles. The van der Waals surface area contributed by atoms with Crippen LogP contribution in [0.25, 0.3) is 16.8 Å². The number of carbonyl (C=O) groups is 1. The smallest absolute Gasteiger partial charge is 0.343 e. The van der Waals surface area contributed by atoms with Gasteiger partial charge in [-0.2, -0.15) is 0 Å². The van der Waals surface area contributed by atoms with Crippen LogP contribution < -0.4 is 5.56 Å². The summed E-state index contributed by atoms with van der Waals surface area (Å²) in [5.41, 5.74) is 2.01. The molecule has 3 aromatic rings. The van der Waals surface area contributed by atoms with Gasteiger partial charge in [0.05, 0.1) is 12.8 Å². The first-order valence-electron chi connectivity index (χ1n) is 7.72. The van der Waals surface area contributed by atoms with Crippen LogP contribution in [0.1, 0.15) is 15.9 Å². The lowest BCUT2D eigenvalue weighted by atomic mass is 9.99. The molecule has 1 N–H and O–H groups in total. The first-order chi connectivity index (χ1) is 12.0. The van der Waals surface area contributed by atoms with E-state index in [2.05, 4.69) is 0 Å². The van der Waals surface area contributed by atoms with Gasteiger partial charge in [-0.1, -0.05) is 48.0 Å². The van der Waals surface area contributed by atoms with E-state index in [1.165, 1.54) is 13.2 Å². The van der Waals surface area contributed by atoms with Gasteiger partial charge in [-0.05, 0) is 24.6 Å². The fourth-order valence-corrected chi connectivity index (χ4v) is 2.69. The van der Waals surface area contributed by atoms with E-state index in [1.807, 2.05) is 19.1 Å². The number of esters is 1. The number of aromatic hydroxyl groups is 1. The summed E-state index contributed by atoms with van der Waals surface area (Å²) in [5.74, 6) is -1.15. The van der Waals surface area contributed by atoms with Crippen molar-refractivity contribution in [2.75, 3.05) is 7.11 Å². The van der Waals surface area contributed by atoms with E-state index in [4.69, 9.17) is 4.74 Å². The Hall–Kier alpha value is -3.34. The third-order valence-corrected chi connectivity index (χ3v) is 3.96. The molecule has 5 heteroatoms. The average Bonchev–Trinajstić information content (AvgIpc) is 2.62. The Morgan fingerprint density at radius 3 is 2.28 bits per heavy atom. The molecule has 0 aliphatic carbocycles. The van der Waals surface area contributed by atoms with Crippen LogP contribution in [0, 0.1) is 6.92 Å². The number of benzene rings is 2. The Kier molecular flexibility index (Phi) is 4.39. The van der Waals surface area contributed by atoms with Crippen molar-refractivity contribution in [3.05, 3.63) is 82.1 Å². The Labute approximate surface area is 144 Å². The van der Waals surface area contributed by atoms with Gasteiger partial charge in [0.1, 0.15) is 5.56 Å². The minimum Gasteiger partial charge on any atom is -0.493 e. The number of aryl methyl sites for hydroxylation is 1. The summed E-state index contributed by atoms with van der Waals surface area (Å²) >= 11 is 0. The molecular formula is C20H17NO4. The van der Waals surface area contributed by atoms with Gasteiger partial charge in [-0.25, -0.2) is 9.36 Å². The number of nitrogens with zero attached hydrogens (tertiary/aromatic N) is 1. The van der Waals surface area contributed by atoms with E-state index < -0.39 is 17.4 Å². The van der Waals surface area contributed by atoms with Gasteiger partial charge in [0, 0.05) is 11.6 Å². The molecule has 5 nitrogen and oxygen atoms in total. The summed E-state index contributed by atoms with van der Waals surface area (Å²) in [6.45, 7) is 1.94. The highest BCUT2D eigenvalue weighted by Crippen LogP contribution is 2.31. The highest BCUT2D eigenvalue weighted by Gasteiger charge is 2.23. The Morgan fingerprint density at radius 2 is 1.68 bits per heavy atom. The maximum atomic E-state index is 12.6. The molecule has 1 aromatic heterocycles. The summed E-state index contributed by atoms with van der Waals surface area (Å²) in [6, 6.07) is 17.3. The highest BCUT2D eigenvalue weighted by atomic mass is 16.5.